The van der Waals surface area contributed by atoms with Crippen LogP contribution in [0.5, 0.6) is 11.5 Å². The topological polar surface area (TPSA) is 18.5 Å². The van der Waals surface area contributed by atoms with Crippen LogP contribution in [0, 0.1) is 6.92 Å². The second kappa shape index (κ2) is 7.21. The molecule has 0 aromatic heterocycles. The maximum atomic E-state index is 12.2. The minimum Gasteiger partial charge on any atom is -0.435 e. The quantitative estimate of drug-likeness (QED) is 0.679. The summed E-state index contributed by atoms with van der Waals surface area (Å²) in [7, 11) is 0. The van der Waals surface area contributed by atoms with E-state index in [1.807, 2.05) is 6.92 Å². The standard InChI is InChI=1S/C13H15F4O2/c1-3-4-8(2)9-5-10(18-12(14)15)7-11(6-9)19-13(16)17/h5-8,12-13H,2-4H2,1H3. The van der Waals surface area contributed by atoms with E-state index in [2.05, 4.69) is 16.4 Å². The Morgan fingerprint density at radius 3 is 1.84 bits per heavy atom. The van der Waals surface area contributed by atoms with Gasteiger partial charge in [0.25, 0.3) is 0 Å². The molecule has 1 radical (unpaired) electrons. The van der Waals surface area contributed by atoms with Gasteiger partial charge in [0.05, 0.1) is 0 Å². The zero-order valence-electron chi connectivity index (χ0n) is 10.4. The molecular formula is C13H15F4O2. The van der Waals surface area contributed by atoms with Crippen LogP contribution in [0.3, 0.4) is 0 Å². The highest BCUT2D eigenvalue weighted by molar-refractivity contribution is 5.40. The van der Waals surface area contributed by atoms with E-state index in [0.717, 1.165) is 12.5 Å². The van der Waals surface area contributed by atoms with Crippen molar-refractivity contribution in [2.75, 3.05) is 0 Å². The first-order valence-electron chi connectivity index (χ1n) is 5.80. The summed E-state index contributed by atoms with van der Waals surface area (Å²) in [5, 5.41) is 0. The predicted molar refractivity (Wildman–Crippen MR) is 62.7 cm³/mol. The minimum absolute atomic E-state index is 0.203. The Labute approximate surface area is 109 Å². The van der Waals surface area contributed by atoms with Crippen molar-refractivity contribution in [3.8, 4) is 11.5 Å². The van der Waals surface area contributed by atoms with Crippen molar-refractivity contribution in [1.82, 2.24) is 0 Å². The van der Waals surface area contributed by atoms with Gasteiger partial charge in [-0.2, -0.15) is 17.6 Å². The third-order valence-corrected chi connectivity index (χ3v) is 2.46. The predicted octanol–water partition coefficient (Wildman–Crippen LogP) is 4.61. The highest BCUT2D eigenvalue weighted by atomic mass is 19.3. The molecule has 1 aromatic carbocycles. The molecule has 2 nitrogen and oxygen atoms in total. The molecule has 107 valence electrons. The molecule has 0 saturated carbocycles. The van der Waals surface area contributed by atoms with Crippen molar-refractivity contribution in [3.05, 3.63) is 30.7 Å². The molecule has 19 heavy (non-hydrogen) atoms. The summed E-state index contributed by atoms with van der Waals surface area (Å²) in [6.45, 7) is -0.257. The first-order chi connectivity index (χ1) is 8.92. The SMILES string of the molecule is [CH2]C(CCC)c1cc(OC(F)F)cc(OC(F)F)c1. The largest absolute Gasteiger partial charge is 0.435 e. The van der Waals surface area contributed by atoms with Crippen molar-refractivity contribution in [2.45, 2.75) is 38.9 Å². The molecular weight excluding hydrogens is 264 g/mol. The van der Waals surface area contributed by atoms with E-state index in [-0.39, 0.29) is 17.4 Å². The molecule has 0 N–H and O–H groups in total. The number of benzene rings is 1. The summed E-state index contributed by atoms with van der Waals surface area (Å²) in [6.07, 6.45) is 1.53. The summed E-state index contributed by atoms with van der Waals surface area (Å²) < 4.78 is 57.1. The highest BCUT2D eigenvalue weighted by Gasteiger charge is 2.14. The summed E-state index contributed by atoms with van der Waals surface area (Å²) in [5.41, 5.74) is 0.524. The van der Waals surface area contributed by atoms with Crippen molar-refractivity contribution in [2.24, 2.45) is 0 Å². The number of halogens is 4. The first kappa shape index (κ1) is 15.6. The lowest BCUT2D eigenvalue weighted by Crippen LogP contribution is -2.06. The molecule has 0 bridgehead atoms. The fraction of sp³-hybridized carbons (Fsp3) is 0.462. The average molecular weight is 279 g/mol. The van der Waals surface area contributed by atoms with Gasteiger partial charge in [0.1, 0.15) is 11.5 Å². The van der Waals surface area contributed by atoms with E-state index in [1.54, 1.807) is 0 Å². The van der Waals surface area contributed by atoms with Crippen LogP contribution in [0.15, 0.2) is 18.2 Å². The Balaban J connectivity index is 3.01. The van der Waals surface area contributed by atoms with Gasteiger partial charge in [-0.3, -0.25) is 0 Å². The van der Waals surface area contributed by atoms with Crippen LogP contribution < -0.4 is 9.47 Å². The van der Waals surface area contributed by atoms with E-state index in [0.29, 0.717) is 12.0 Å². The number of hydrogen-bond acceptors (Lipinski definition) is 2. The zero-order chi connectivity index (χ0) is 14.4. The van der Waals surface area contributed by atoms with Gasteiger partial charge in [0, 0.05) is 6.07 Å². The number of rotatable bonds is 7. The van der Waals surface area contributed by atoms with Crippen LogP contribution in [0.1, 0.15) is 31.2 Å². The van der Waals surface area contributed by atoms with Crippen molar-refractivity contribution in [3.63, 3.8) is 0 Å². The van der Waals surface area contributed by atoms with Gasteiger partial charge in [-0.05, 0) is 37.0 Å². The first-order valence-corrected chi connectivity index (χ1v) is 5.80. The van der Waals surface area contributed by atoms with Gasteiger partial charge >= 0.3 is 13.2 Å². The third-order valence-electron chi connectivity index (χ3n) is 2.46. The minimum atomic E-state index is -3.02. The number of ether oxygens (including phenoxy) is 2. The Hall–Kier alpha value is -1.46. The monoisotopic (exact) mass is 279 g/mol. The molecule has 0 saturated heterocycles. The van der Waals surface area contributed by atoms with Gasteiger partial charge < -0.3 is 9.47 Å². The Morgan fingerprint density at radius 1 is 1.00 bits per heavy atom. The molecule has 1 atom stereocenters. The molecule has 1 unspecified atom stereocenters. The number of alkyl halides is 4. The van der Waals surface area contributed by atoms with Gasteiger partial charge in [0.2, 0.25) is 0 Å². The summed E-state index contributed by atoms with van der Waals surface area (Å²) in [5.74, 6) is -0.632. The normalized spacial score (nSPS) is 12.8. The average Bonchev–Trinajstić information content (AvgIpc) is 2.26. The second-order valence-electron chi connectivity index (χ2n) is 3.98. The lowest BCUT2D eigenvalue weighted by molar-refractivity contribution is -0.0543. The van der Waals surface area contributed by atoms with Crippen molar-refractivity contribution in [1.29, 1.82) is 0 Å². The molecule has 0 amide bonds. The fourth-order valence-corrected chi connectivity index (χ4v) is 1.69. The molecule has 0 fully saturated rings. The van der Waals surface area contributed by atoms with Crippen molar-refractivity contribution < 1.29 is 27.0 Å². The summed E-state index contributed by atoms with van der Waals surface area (Å²) in [6, 6.07) is 3.72. The molecule has 6 heteroatoms. The van der Waals surface area contributed by atoms with Crippen LogP contribution >= 0.6 is 0 Å². The van der Waals surface area contributed by atoms with Crippen molar-refractivity contribution >= 4 is 0 Å². The molecule has 0 aliphatic heterocycles. The molecule has 1 rings (SSSR count). The van der Waals surface area contributed by atoms with Crippen LogP contribution in [0.4, 0.5) is 17.6 Å². The van der Waals surface area contributed by atoms with E-state index in [1.165, 1.54) is 12.1 Å². The van der Waals surface area contributed by atoms with Gasteiger partial charge in [0.15, 0.2) is 0 Å². The molecule has 0 heterocycles. The summed E-state index contributed by atoms with van der Waals surface area (Å²) >= 11 is 0. The lowest BCUT2D eigenvalue weighted by Gasteiger charge is -2.15. The van der Waals surface area contributed by atoms with Gasteiger partial charge in [-0.1, -0.05) is 13.3 Å². The number of hydrogen-bond donors (Lipinski definition) is 0. The van der Waals surface area contributed by atoms with Gasteiger partial charge in [-0.15, -0.1) is 0 Å². The van der Waals surface area contributed by atoms with E-state index in [4.69, 9.17) is 0 Å². The van der Waals surface area contributed by atoms with E-state index >= 15 is 0 Å². The van der Waals surface area contributed by atoms with Crippen LogP contribution in [-0.2, 0) is 0 Å². The van der Waals surface area contributed by atoms with E-state index < -0.39 is 13.2 Å². The second-order valence-corrected chi connectivity index (χ2v) is 3.98. The van der Waals surface area contributed by atoms with Crippen LogP contribution in [0.2, 0.25) is 0 Å². The Morgan fingerprint density at radius 2 is 1.47 bits per heavy atom. The molecule has 0 spiro atoms. The summed E-state index contributed by atoms with van der Waals surface area (Å²) in [4.78, 5) is 0. The maximum Gasteiger partial charge on any atom is 0.387 e. The third kappa shape index (κ3) is 5.36. The van der Waals surface area contributed by atoms with Crippen LogP contribution in [0.25, 0.3) is 0 Å². The van der Waals surface area contributed by atoms with E-state index in [9.17, 15) is 17.6 Å². The molecule has 0 aliphatic carbocycles. The highest BCUT2D eigenvalue weighted by Crippen LogP contribution is 2.31. The smallest absolute Gasteiger partial charge is 0.387 e. The zero-order valence-corrected chi connectivity index (χ0v) is 10.4. The van der Waals surface area contributed by atoms with Crippen LogP contribution in [-0.4, -0.2) is 13.2 Å². The van der Waals surface area contributed by atoms with Gasteiger partial charge in [-0.25, -0.2) is 0 Å². The maximum absolute atomic E-state index is 12.2. The fourth-order valence-electron chi connectivity index (χ4n) is 1.69. The Bertz CT molecular complexity index is 368. The lowest BCUT2D eigenvalue weighted by atomic mass is 9.96. The molecule has 1 aromatic rings. The molecule has 0 aliphatic rings. The Kier molecular flexibility index (Phi) is 5.92.